The Morgan fingerprint density at radius 2 is 1.76 bits per heavy atom. The normalized spacial score (nSPS) is 15.1. The van der Waals surface area contributed by atoms with Crippen LogP contribution >= 0.6 is 0 Å². The molecule has 4 rings (SSSR count). The molecule has 0 bridgehead atoms. The highest BCUT2D eigenvalue weighted by Gasteiger charge is 2.34. The lowest BCUT2D eigenvalue weighted by atomic mass is 10.0. The highest BCUT2D eigenvalue weighted by Crippen LogP contribution is 2.34. The molecule has 3 aromatic rings. The maximum absolute atomic E-state index is 13.9. The molecule has 1 saturated heterocycles. The Hall–Kier alpha value is -3.70. The monoisotopic (exact) mass is 514 g/mol. The number of piperazine rings is 1. The molecule has 3 N–H and O–H groups in total. The van der Waals surface area contributed by atoms with Gasteiger partial charge in [0, 0.05) is 56.6 Å². The third kappa shape index (κ3) is 5.83. The van der Waals surface area contributed by atoms with E-state index in [1.54, 1.807) is 29.8 Å². The summed E-state index contributed by atoms with van der Waals surface area (Å²) >= 11 is 0. The van der Waals surface area contributed by atoms with Crippen molar-refractivity contribution in [1.29, 1.82) is 0 Å². The van der Waals surface area contributed by atoms with Crippen LogP contribution in [0, 0.1) is 6.92 Å². The van der Waals surface area contributed by atoms with Crippen LogP contribution in [0.3, 0.4) is 0 Å². The number of nitrogens with two attached hydrogens (primary N) is 1. The number of imidazole rings is 1. The number of alkyl halides is 3. The summed E-state index contributed by atoms with van der Waals surface area (Å²) in [6, 6.07) is 8.83. The number of nitrogens with one attached hydrogen (secondary N) is 1. The molecule has 0 aliphatic carbocycles. The molecule has 0 unspecified atom stereocenters. The van der Waals surface area contributed by atoms with Crippen LogP contribution in [0.25, 0.3) is 11.3 Å². The van der Waals surface area contributed by atoms with Gasteiger partial charge < -0.3 is 20.5 Å². The Morgan fingerprint density at radius 1 is 1.05 bits per heavy atom. The van der Waals surface area contributed by atoms with E-state index >= 15 is 0 Å². The van der Waals surface area contributed by atoms with E-state index in [9.17, 15) is 22.8 Å². The van der Waals surface area contributed by atoms with Crippen molar-refractivity contribution < 1.29 is 22.8 Å². The maximum Gasteiger partial charge on any atom is 0.416 e. The van der Waals surface area contributed by atoms with E-state index in [0.717, 1.165) is 24.7 Å². The number of amides is 2. The van der Waals surface area contributed by atoms with Crippen LogP contribution < -0.4 is 11.1 Å². The fourth-order valence-electron chi connectivity index (χ4n) is 4.43. The van der Waals surface area contributed by atoms with Crippen LogP contribution in [0.1, 0.15) is 37.7 Å². The van der Waals surface area contributed by atoms with Crippen molar-refractivity contribution in [1.82, 2.24) is 19.4 Å². The van der Waals surface area contributed by atoms with Gasteiger partial charge in [0.2, 0.25) is 0 Å². The fraction of sp³-hybridized carbons (Fsp3) is 0.346. The fourth-order valence-corrected chi connectivity index (χ4v) is 4.43. The molecule has 0 spiro atoms. The van der Waals surface area contributed by atoms with Crippen LogP contribution in [-0.4, -0.2) is 64.4 Å². The predicted molar refractivity (Wildman–Crippen MR) is 134 cm³/mol. The summed E-state index contributed by atoms with van der Waals surface area (Å²) in [5.41, 5.74) is 7.14. The van der Waals surface area contributed by atoms with Gasteiger partial charge in [0.05, 0.1) is 17.5 Å². The molecule has 1 aliphatic rings. The Morgan fingerprint density at radius 3 is 2.38 bits per heavy atom. The number of primary amides is 1. The zero-order valence-electron chi connectivity index (χ0n) is 20.9. The number of aromatic nitrogens is 2. The van der Waals surface area contributed by atoms with Crippen molar-refractivity contribution in [2.75, 3.05) is 38.5 Å². The van der Waals surface area contributed by atoms with Crippen molar-refractivity contribution in [2.24, 2.45) is 12.8 Å². The number of rotatable bonds is 6. The molecule has 0 radical (unpaired) electrons. The number of aryl methyl sites for hydroxylation is 1. The average Bonchev–Trinajstić information content (AvgIpc) is 3.22. The van der Waals surface area contributed by atoms with Gasteiger partial charge in [-0.1, -0.05) is 12.1 Å². The molecule has 1 aromatic heterocycles. The van der Waals surface area contributed by atoms with Gasteiger partial charge in [-0.2, -0.15) is 13.2 Å². The number of nitrogens with zero attached hydrogens (tertiary/aromatic N) is 4. The zero-order chi connectivity index (χ0) is 26.9. The molecule has 1 fully saturated rings. The summed E-state index contributed by atoms with van der Waals surface area (Å²) in [6.45, 7) is 4.98. The highest BCUT2D eigenvalue weighted by molar-refractivity contribution is 6.04. The summed E-state index contributed by atoms with van der Waals surface area (Å²) in [6.07, 6.45) is -3.09. The number of likely N-dealkylation sites (N-methyl/N-ethyl adjacent to an activating group) is 1. The van der Waals surface area contributed by atoms with Gasteiger partial charge in [-0.15, -0.1) is 0 Å². The molecule has 1 aliphatic heterocycles. The highest BCUT2D eigenvalue weighted by atomic mass is 19.4. The van der Waals surface area contributed by atoms with Crippen LogP contribution in [0.2, 0.25) is 0 Å². The number of carbonyl (C=O) groups excluding carboxylic acids is 2. The molecule has 11 heteroatoms. The number of hydrogen-bond acceptors (Lipinski definition) is 5. The first kappa shape index (κ1) is 26.4. The largest absolute Gasteiger partial charge is 0.416 e. The molecule has 37 heavy (non-hydrogen) atoms. The van der Waals surface area contributed by atoms with Crippen molar-refractivity contribution in [3.8, 4) is 11.3 Å². The number of benzene rings is 2. The van der Waals surface area contributed by atoms with Crippen molar-refractivity contribution in [2.45, 2.75) is 19.6 Å². The van der Waals surface area contributed by atoms with Crippen LogP contribution in [0.15, 0.2) is 42.6 Å². The quantitative estimate of drug-likeness (QED) is 0.525. The topological polar surface area (TPSA) is 96.5 Å². The van der Waals surface area contributed by atoms with Crippen LogP contribution in [0.5, 0.6) is 0 Å². The zero-order valence-corrected chi connectivity index (χ0v) is 20.9. The SMILES string of the molecule is Cc1ccc(NC(=O)c2ccc(CN3CCN(C)CC3)c(C(F)(F)F)c2)cc1-c1cnc(C(N)=O)n1C. The van der Waals surface area contributed by atoms with E-state index in [4.69, 9.17) is 5.73 Å². The summed E-state index contributed by atoms with van der Waals surface area (Å²) in [4.78, 5) is 32.7. The van der Waals surface area contributed by atoms with E-state index < -0.39 is 23.6 Å². The minimum atomic E-state index is -4.59. The van der Waals surface area contributed by atoms with Gasteiger partial charge in [-0.25, -0.2) is 4.98 Å². The number of hydrogen-bond donors (Lipinski definition) is 2. The van der Waals surface area contributed by atoms with Crippen LogP contribution in [-0.2, 0) is 19.8 Å². The Labute approximate surface area is 212 Å². The summed E-state index contributed by atoms with van der Waals surface area (Å²) in [5.74, 6) is -1.25. The van der Waals surface area contributed by atoms with Gasteiger partial charge in [-0.3, -0.25) is 14.5 Å². The first-order valence-electron chi connectivity index (χ1n) is 11.8. The van der Waals surface area contributed by atoms with E-state index in [-0.39, 0.29) is 23.5 Å². The number of carbonyl (C=O) groups is 2. The third-order valence-corrected chi connectivity index (χ3v) is 6.65. The summed E-state index contributed by atoms with van der Waals surface area (Å²) in [5, 5.41) is 2.69. The Balaban J connectivity index is 1.57. The lowest BCUT2D eigenvalue weighted by molar-refractivity contribution is -0.138. The predicted octanol–water partition coefficient (Wildman–Crippen LogP) is 3.51. The number of halogens is 3. The molecule has 2 amide bonds. The second-order valence-corrected chi connectivity index (χ2v) is 9.32. The molecule has 2 aromatic carbocycles. The Bertz CT molecular complexity index is 1330. The van der Waals surface area contributed by atoms with Crippen LogP contribution in [0.4, 0.5) is 18.9 Å². The molecule has 0 atom stereocenters. The van der Waals surface area contributed by atoms with Gasteiger partial charge in [-0.05, 0) is 49.4 Å². The molecule has 0 saturated carbocycles. The lowest BCUT2D eigenvalue weighted by Crippen LogP contribution is -2.44. The first-order valence-corrected chi connectivity index (χ1v) is 11.8. The van der Waals surface area contributed by atoms with E-state index in [0.29, 0.717) is 30.0 Å². The van der Waals surface area contributed by atoms with Gasteiger partial charge in [0.15, 0.2) is 5.82 Å². The molecule has 2 heterocycles. The summed E-state index contributed by atoms with van der Waals surface area (Å²) < 4.78 is 43.3. The summed E-state index contributed by atoms with van der Waals surface area (Å²) in [7, 11) is 3.63. The number of anilines is 1. The second-order valence-electron chi connectivity index (χ2n) is 9.32. The van der Waals surface area contributed by atoms with Gasteiger partial charge >= 0.3 is 6.18 Å². The van der Waals surface area contributed by atoms with E-state index in [2.05, 4.69) is 15.2 Å². The van der Waals surface area contributed by atoms with Gasteiger partial charge in [0.1, 0.15) is 0 Å². The molecular formula is C26H29F3N6O2. The molecular weight excluding hydrogens is 485 g/mol. The van der Waals surface area contributed by atoms with E-state index in [1.165, 1.54) is 18.3 Å². The smallest absolute Gasteiger partial charge is 0.363 e. The van der Waals surface area contributed by atoms with Gasteiger partial charge in [0.25, 0.3) is 11.8 Å². The van der Waals surface area contributed by atoms with Crippen molar-refractivity contribution >= 4 is 17.5 Å². The van der Waals surface area contributed by atoms with Crippen molar-refractivity contribution in [3.05, 3.63) is 70.7 Å². The minimum absolute atomic E-state index is 0.0835. The second kappa shape index (κ2) is 10.3. The minimum Gasteiger partial charge on any atom is -0.363 e. The first-order chi connectivity index (χ1) is 17.4. The Kier molecular flexibility index (Phi) is 7.37. The van der Waals surface area contributed by atoms with Crippen molar-refractivity contribution in [3.63, 3.8) is 0 Å². The molecule has 8 nitrogen and oxygen atoms in total. The standard InChI is InChI=1S/C26H29F3N6O2/c1-16-4-7-19(13-20(16)22-14-31-24(23(30)36)34(22)3)32-25(37)17-5-6-18(21(12-17)26(27,28)29)15-35-10-8-33(2)9-11-35/h4-7,12-14H,8-11,15H2,1-3H3,(H2,30,36)(H,32,37). The third-order valence-electron chi connectivity index (χ3n) is 6.65. The molecule has 196 valence electrons. The average molecular weight is 515 g/mol. The maximum atomic E-state index is 13.9. The lowest BCUT2D eigenvalue weighted by Gasteiger charge is -2.33. The van der Waals surface area contributed by atoms with E-state index in [1.807, 2.05) is 18.9 Å².